The number of aromatic nitrogens is 2. The highest BCUT2D eigenvalue weighted by atomic mass is 16.1. The molecule has 1 rings (SSSR count). The van der Waals surface area contributed by atoms with E-state index in [4.69, 9.17) is 5.73 Å². The number of aromatic amines is 1. The van der Waals surface area contributed by atoms with Gasteiger partial charge in [-0.2, -0.15) is 0 Å². The smallest absolute Gasteiger partial charge is 0.214 e. The number of hydrogen-bond acceptors (Lipinski definition) is 3. The van der Waals surface area contributed by atoms with E-state index in [0.717, 1.165) is 0 Å². The van der Waals surface area contributed by atoms with Crippen molar-refractivity contribution in [3.63, 3.8) is 0 Å². The molecule has 0 amide bonds. The average Bonchev–Trinajstić information content (AvgIpc) is 2.36. The van der Waals surface area contributed by atoms with Crippen LogP contribution in [0.5, 0.6) is 0 Å². The van der Waals surface area contributed by atoms with E-state index in [1.165, 1.54) is 6.20 Å². The van der Waals surface area contributed by atoms with Gasteiger partial charge in [-0.15, -0.1) is 0 Å². The fourth-order valence-corrected chi connectivity index (χ4v) is 0.616. The minimum atomic E-state index is -0.480. The first-order valence-corrected chi connectivity index (χ1v) is 3.01. The second-order valence-electron chi connectivity index (χ2n) is 2.09. The van der Waals surface area contributed by atoms with Gasteiger partial charge in [0.15, 0.2) is 5.82 Å². The van der Waals surface area contributed by atoms with Crippen LogP contribution in [-0.4, -0.2) is 21.8 Å². The maximum Gasteiger partial charge on any atom is 0.214 e. The third-order valence-corrected chi connectivity index (χ3v) is 1.15. The van der Waals surface area contributed by atoms with Gasteiger partial charge in [0.25, 0.3) is 0 Å². The molecule has 0 fully saturated rings. The van der Waals surface area contributed by atoms with Crippen LogP contribution < -0.4 is 5.73 Å². The highest BCUT2D eigenvalue weighted by Gasteiger charge is 2.11. The molecule has 0 bridgehead atoms. The van der Waals surface area contributed by atoms with Crippen LogP contribution in [0.25, 0.3) is 0 Å². The summed E-state index contributed by atoms with van der Waals surface area (Å²) < 4.78 is 0. The summed E-state index contributed by atoms with van der Waals surface area (Å²) in [4.78, 5) is 17.4. The van der Waals surface area contributed by atoms with Crippen molar-refractivity contribution < 1.29 is 4.79 Å². The lowest BCUT2D eigenvalue weighted by Gasteiger charge is -1.98. The largest absolute Gasteiger partial charge is 0.342 e. The van der Waals surface area contributed by atoms with Crippen molar-refractivity contribution in [3.8, 4) is 0 Å². The quantitative estimate of drug-likeness (QED) is 0.564. The second-order valence-corrected chi connectivity index (χ2v) is 2.09. The van der Waals surface area contributed by atoms with Crippen LogP contribution in [0.2, 0.25) is 0 Å². The molecule has 0 spiro atoms. The molecule has 4 heteroatoms. The number of nitrogens with zero attached hydrogens (tertiary/aromatic N) is 1. The maximum atomic E-state index is 11.0. The molecule has 4 nitrogen and oxygen atoms in total. The Morgan fingerprint density at radius 1 is 1.90 bits per heavy atom. The van der Waals surface area contributed by atoms with Crippen LogP contribution in [-0.2, 0) is 0 Å². The number of imidazole rings is 1. The first-order valence-electron chi connectivity index (χ1n) is 3.01. The van der Waals surface area contributed by atoms with Crippen molar-refractivity contribution in [2.45, 2.75) is 13.0 Å². The molecule has 0 saturated carbocycles. The first-order chi connectivity index (χ1) is 4.72. The van der Waals surface area contributed by atoms with Crippen molar-refractivity contribution in [1.82, 2.24) is 9.97 Å². The molecule has 0 radical (unpaired) electrons. The van der Waals surface area contributed by atoms with Gasteiger partial charge in [-0.05, 0) is 6.92 Å². The van der Waals surface area contributed by atoms with Gasteiger partial charge in [-0.3, -0.25) is 4.79 Å². The van der Waals surface area contributed by atoms with E-state index in [1.54, 1.807) is 13.1 Å². The van der Waals surface area contributed by atoms with Crippen molar-refractivity contribution in [1.29, 1.82) is 0 Å². The Bertz CT molecular complexity index is 215. The summed E-state index contributed by atoms with van der Waals surface area (Å²) in [6.07, 6.45) is 3.12. The zero-order valence-corrected chi connectivity index (χ0v) is 5.66. The van der Waals surface area contributed by atoms with Gasteiger partial charge in [-0.25, -0.2) is 4.98 Å². The summed E-state index contributed by atoms with van der Waals surface area (Å²) in [7, 11) is 0. The van der Waals surface area contributed by atoms with Crippen molar-refractivity contribution >= 4 is 5.78 Å². The number of carbonyl (C=O) groups excluding carboxylic acids is 1. The highest BCUT2D eigenvalue weighted by molar-refractivity contribution is 5.96. The molecule has 0 unspecified atom stereocenters. The predicted molar refractivity (Wildman–Crippen MR) is 36.6 cm³/mol. The Balaban J connectivity index is 2.78. The molecule has 0 saturated heterocycles. The lowest BCUT2D eigenvalue weighted by Crippen LogP contribution is -2.27. The van der Waals surface area contributed by atoms with Crippen LogP contribution in [0.15, 0.2) is 12.4 Å². The summed E-state index contributed by atoms with van der Waals surface area (Å²) in [6, 6.07) is -0.480. The number of Topliss-reactive ketones (excluding diaryl/α,β-unsaturated/α-hetero) is 1. The number of nitrogens with two attached hydrogens (primary N) is 1. The van der Waals surface area contributed by atoms with Crippen LogP contribution in [0.1, 0.15) is 17.5 Å². The highest BCUT2D eigenvalue weighted by Crippen LogP contribution is 1.92. The van der Waals surface area contributed by atoms with Gasteiger partial charge >= 0.3 is 0 Å². The molecule has 10 heavy (non-hydrogen) atoms. The monoisotopic (exact) mass is 139 g/mol. The van der Waals surface area contributed by atoms with Crippen LogP contribution >= 0.6 is 0 Å². The molecule has 3 N–H and O–H groups in total. The molecule has 0 aliphatic rings. The molecule has 0 aliphatic carbocycles. The number of rotatable bonds is 2. The van der Waals surface area contributed by atoms with Crippen LogP contribution in [0.3, 0.4) is 0 Å². The lowest BCUT2D eigenvalue weighted by atomic mass is 10.2. The van der Waals surface area contributed by atoms with E-state index < -0.39 is 6.04 Å². The number of nitrogens with one attached hydrogen (secondary N) is 1. The minimum Gasteiger partial charge on any atom is -0.342 e. The summed E-state index contributed by atoms with van der Waals surface area (Å²) in [5.74, 6) is 0.167. The fourth-order valence-electron chi connectivity index (χ4n) is 0.616. The Morgan fingerprint density at radius 2 is 2.60 bits per heavy atom. The molecular formula is C6H9N3O. The first kappa shape index (κ1) is 6.95. The summed E-state index contributed by atoms with van der Waals surface area (Å²) in [6.45, 7) is 1.63. The van der Waals surface area contributed by atoms with E-state index in [-0.39, 0.29) is 5.78 Å². The van der Waals surface area contributed by atoms with Gasteiger partial charge in [0, 0.05) is 12.4 Å². The number of carbonyl (C=O) groups is 1. The molecule has 54 valence electrons. The molecular weight excluding hydrogens is 130 g/mol. The van der Waals surface area contributed by atoms with Gasteiger partial charge < -0.3 is 10.7 Å². The van der Waals surface area contributed by atoms with Gasteiger partial charge in [0.05, 0.1) is 6.04 Å². The van der Waals surface area contributed by atoms with E-state index in [1.807, 2.05) is 0 Å². The second kappa shape index (κ2) is 2.62. The normalized spacial score (nSPS) is 13.0. The third-order valence-electron chi connectivity index (χ3n) is 1.15. The maximum absolute atomic E-state index is 11.0. The van der Waals surface area contributed by atoms with E-state index >= 15 is 0 Å². The molecule has 0 aromatic carbocycles. The van der Waals surface area contributed by atoms with E-state index in [9.17, 15) is 4.79 Å². The molecule has 0 aliphatic heterocycles. The Morgan fingerprint density at radius 3 is 3.00 bits per heavy atom. The molecule has 1 atom stereocenters. The third kappa shape index (κ3) is 1.22. The molecule has 1 heterocycles. The number of ketones is 1. The Labute approximate surface area is 58.5 Å². The van der Waals surface area contributed by atoms with Crippen LogP contribution in [0.4, 0.5) is 0 Å². The standard InChI is InChI=1S/C6H9N3O/c1-4(7)5(10)6-8-2-3-9-6/h2-4H,7H2,1H3,(H,8,9)/t4-/m0/s1. The van der Waals surface area contributed by atoms with Gasteiger partial charge in [-0.1, -0.05) is 0 Å². The summed E-state index contributed by atoms with van der Waals surface area (Å²) in [5.41, 5.74) is 5.32. The molecule has 1 aromatic rings. The number of H-pyrrole nitrogens is 1. The van der Waals surface area contributed by atoms with Crippen LogP contribution in [0, 0.1) is 0 Å². The predicted octanol–water partition coefficient (Wildman–Crippen LogP) is -0.0604. The SMILES string of the molecule is C[C@H](N)C(=O)c1ncc[nH]1. The van der Waals surface area contributed by atoms with E-state index in [2.05, 4.69) is 9.97 Å². The zero-order chi connectivity index (χ0) is 7.56. The van der Waals surface area contributed by atoms with Gasteiger partial charge in [0.2, 0.25) is 5.78 Å². The minimum absolute atomic E-state index is 0.162. The van der Waals surface area contributed by atoms with E-state index in [0.29, 0.717) is 5.82 Å². The average molecular weight is 139 g/mol. The fraction of sp³-hybridized carbons (Fsp3) is 0.333. The van der Waals surface area contributed by atoms with Crippen molar-refractivity contribution in [2.75, 3.05) is 0 Å². The summed E-state index contributed by atoms with van der Waals surface area (Å²) >= 11 is 0. The number of hydrogen-bond donors (Lipinski definition) is 2. The molecule has 1 aromatic heterocycles. The van der Waals surface area contributed by atoms with Gasteiger partial charge in [0.1, 0.15) is 0 Å². The van der Waals surface area contributed by atoms with Crippen molar-refractivity contribution in [3.05, 3.63) is 18.2 Å². The van der Waals surface area contributed by atoms with Crippen molar-refractivity contribution in [2.24, 2.45) is 5.73 Å². The Kier molecular flexibility index (Phi) is 1.82. The Hall–Kier alpha value is -1.16. The summed E-state index contributed by atoms with van der Waals surface area (Å²) in [5, 5.41) is 0. The zero-order valence-electron chi connectivity index (χ0n) is 5.66. The lowest BCUT2D eigenvalue weighted by molar-refractivity contribution is 0.0959. The topological polar surface area (TPSA) is 71.8 Å².